The average Bonchev–Trinajstić information content (AvgIpc) is 2.91. The molecule has 0 saturated carbocycles. The van der Waals surface area contributed by atoms with E-state index in [1.165, 1.54) is 0 Å². The second-order valence-electron chi connectivity index (χ2n) is 3.43. The van der Waals surface area contributed by atoms with E-state index in [9.17, 15) is 0 Å². The number of hydrogen-bond acceptors (Lipinski definition) is 3. The van der Waals surface area contributed by atoms with Crippen molar-refractivity contribution < 1.29 is 4.42 Å². The molecule has 1 unspecified atom stereocenters. The van der Waals surface area contributed by atoms with Gasteiger partial charge in [0, 0.05) is 6.54 Å². The van der Waals surface area contributed by atoms with Gasteiger partial charge in [-0.15, -0.1) is 0 Å². The molecular formula is C11H14BrN3O. The van der Waals surface area contributed by atoms with E-state index in [0.717, 1.165) is 22.5 Å². The number of aryl methyl sites for hydroxylation is 1. The van der Waals surface area contributed by atoms with Crippen LogP contribution < -0.4 is 5.32 Å². The van der Waals surface area contributed by atoms with Gasteiger partial charge in [-0.2, -0.15) is 5.10 Å². The summed E-state index contributed by atoms with van der Waals surface area (Å²) in [6.07, 6.45) is 3.49. The fourth-order valence-electron chi connectivity index (χ4n) is 1.78. The lowest BCUT2D eigenvalue weighted by molar-refractivity contribution is 0.443. The quantitative estimate of drug-likeness (QED) is 0.938. The van der Waals surface area contributed by atoms with E-state index in [1.807, 2.05) is 30.1 Å². The molecule has 86 valence electrons. The van der Waals surface area contributed by atoms with Crippen LogP contribution in [0, 0.1) is 0 Å². The SMILES string of the molecule is CCn1ncc(Br)c1C(NC)c1ccco1. The van der Waals surface area contributed by atoms with Crippen LogP contribution >= 0.6 is 15.9 Å². The molecule has 0 aliphatic heterocycles. The number of hydrogen-bond donors (Lipinski definition) is 1. The Morgan fingerprint density at radius 2 is 2.44 bits per heavy atom. The first-order chi connectivity index (χ1) is 7.77. The fourth-order valence-corrected chi connectivity index (χ4v) is 2.31. The van der Waals surface area contributed by atoms with Gasteiger partial charge in [0.05, 0.1) is 22.6 Å². The van der Waals surface area contributed by atoms with Crippen LogP contribution in [-0.2, 0) is 6.54 Å². The lowest BCUT2D eigenvalue weighted by Crippen LogP contribution is -2.21. The predicted molar refractivity (Wildman–Crippen MR) is 65.2 cm³/mol. The first-order valence-electron chi connectivity index (χ1n) is 5.19. The molecule has 0 aliphatic carbocycles. The number of furan rings is 1. The number of halogens is 1. The van der Waals surface area contributed by atoms with Crippen molar-refractivity contribution in [2.24, 2.45) is 0 Å². The molecule has 4 nitrogen and oxygen atoms in total. The first-order valence-corrected chi connectivity index (χ1v) is 5.99. The lowest BCUT2D eigenvalue weighted by atomic mass is 10.1. The summed E-state index contributed by atoms with van der Waals surface area (Å²) in [6.45, 7) is 2.90. The molecule has 0 radical (unpaired) electrons. The maximum Gasteiger partial charge on any atom is 0.126 e. The normalized spacial score (nSPS) is 12.9. The molecule has 5 heteroatoms. The van der Waals surface area contributed by atoms with E-state index in [0.29, 0.717) is 0 Å². The Labute approximate surface area is 103 Å². The van der Waals surface area contributed by atoms with Crippen LogP contribution in [0.4, 0.5) is 0 Å². The smallest absolute Gasteiger partial charge is 0.126 e. The summed E-state index contributed by atoms with van der Waals surface area (Å²) in [7, 11) is 1.91. The van der Waals surface area contributed by atoms with Crippen LogP contribution in [0.1, 0.15) is 24.4 Å². The number of nitrogens with one attached hydrogen (secondary N) is 1. The van der Waals surface area contributed by atoms with Gasteiger partial charge in [-0.1, -0.05) is 0 Å². The molecule has 0 aliphatic rings. The molecule has 2 rings (SSSR count). The van der Waals surface area contributed by atoms with Crippen molar-refractivity contribution in [1.82, 2.24) is 15.1 Å². The van der Waals surface area contributed by atoms with Gasteiger partial charge in [0.2, 0.25) is 0 Å². The molecule has 0 aromatic carbocycles. The minimum Gasteiger partial charge on any atom is -0.467 e. The van der Waals surface area contributed by atoms with Crippen molar-refractivity contribution in [1.29, 1.82) is 0 Å². The highest BCUT2D eigenvalue weighted by Crippen LogP contribution is 2.28. The Bertz CT molecular complexity index is 450. The summed E-state index contributed by atoms with van der Waals surface area (Å²) in [6, 6.07) is 3.87. The highest BCUT2D eigenvalue weighted by molar-refractivity contribution is 9.10. The summed E-state index contributed by atoms with van der Waals surface area (Å²) in [4.78, 5) is 0. The Hall–Kier alpha value is -1.07. The van der Waals surface area contributed by atoms with E-state index >= 15 is 0 Å². The lowest BCUT2D eigenvalue weighted by Gasteiger charge is -2.15. The molecule has 0 fully saturated rings. The topological polar surface area (TPSA) is 43.0 Å². The summed E-state index contributed by atoms with van der Waals surface area (Å²) in [5.41, 5.74) is 1.08. The van der Waals surface area contributed by atoms with Crippen molar-refractivity contribution in [2.75, 3.05) is 7.05 Å². The van der Waals surface area contributed by atoms with E-state index in [2.05, 4.69) is 33.3 Å². The second-order valence-corrected chi connectivity index (χ2v) is 4.28. The third-order valence-corrected chi connectivity index (χ3v) is 3.13. The summed E-state index contributed by atoms with van der Waals surface area (Å²) in [5.74, 6) is 0.887. The van der Waals surface area contributed by atoms with Gasteiger partial charge in [0.15, 0.2) is 0 Å². The molecule has 2 aromatic rings. The standard InChI is InChI=1S/C11H14BrN3O/c1-3-15-11(8(12)7-14-15)10(13-2)9-5-4-6-16-9/h4-7,10,13H,3H2,1-2H3. The summed E-state index contributed by atoms with van der Waals surface area (Å²) in [5, 5.41) is 7.54. The Morgan fingerprint density at radius 1 is 1.62 bits per heavy atom. The van der Waals surface area contributed by atoms with Crippen LogP contribution in [0.15, 0.2) is 33.5 Å². The minimum absolute atomic E-state index is 0.0202. The molecule has 16 heavy (non-hydrogen) atoms. The van der Waals surface area contributed by atoms with E-state index in [-0.39, 0.29) is 6.04 Å². The Balaban J connectivity index is 2.44. The van der Waals surface area contributed by atoms with Crippen molar-refractivity contribution in [3.8, 4) is 0 Å². The van der Waals surface area contributed by atoms with Crippen molar-refractivity contribution in [3.05, 3.63) is 40.5 Å². The largest absolute Gasteiger partial charge is 0.467 e. The molecule has 1 atom stereocenters. The number of aromatic nitrogens is 2. The molecular weight excluding hydrogens is 270 g/mol. The molecule has 2 aromatic heterocycles. The van der Waals surface area contributed by atoms with Gasteiger partial charge in [-0.25, -0.2) is 0 Å². The minimum atomic E-state index is 0.0202. The molecule has 0 spiro atoms. The van der Waals surface area contributed by atoms with Gasteiger partial charge in [0.25, 0.3) is 0 Å². The van der Waals surface area contributed by atoms with Crippen LogP contribution in [0.5, 0.6) is 0 Å². The predicted octanol–water partition coefficient (Wildman–Crippen LogP) is 2.57. The molecule has 0 amide bonds. The Kier molecular flexibility index (Phi) is 3.46. The zero-order valence-corrected chi connectivity index (χ0v) is 10.9. The molecule has 1 N–H and O–H groups in total. The monoisotopic (exact) mass is 283 g/mol. The molecule has 0 saturated heterocycles. The van der Waals surface area contributed by atoms with Crippen molar-refractivity contribution >= 4 is 15.9 Å². The summed E-state index contributed by atoms with van der Waals surface area (Å²) < 4.78 is 8.38. The maximum absolute atomic E-state index is 5.44. The van der Waals surface area contributed by atoms with Gasteiger partial charge in [0.1, 0.15) is 11.8 Å². The molecule has 0 bridgehead atoms. The summed E-state index contributed by atoms with van der Waals surface area (Å²) >= 11 is 3.52. The van der Waals surface area contributed by atoms with E-state index < -0.39 is 0 Å². The van der Waals surface area contributed by atoms with E-state index in [4.69, 9.17) is 4.42 Å². The Morgan fingerprint density at radius 3 is 3.00 bits per heavy atom. The number of rotatable bonds is 4. The van der Waals surface area contributed by atoms with Crippen molar-refractivity contribution in [3.63, 3.8) is 0 Å². The molecule has 2 heterocycles. The highest BCUT2D eigenvalue weighted by atomic mass is 79.9. The third kappa shape index (κ3) is 1.92. The van der Waals surface area contributed by atoms with Gasteiger partial charge in [-0.3, -0.25) is 4.68 Å². The first kappa shape index (κ1) is 11.4. The third-order valence-electron chi connectivity index (χ3n) is 2.52. The van der Waals surface area contributed by atoms with Gasteiger partial charge < -0.3 is 9.73 Å². The van der Waals surface area contributed by atoms with Crippen LogP contribution in [0.3, 0.4) is 0 Å². The van der Waals surface area contributed by atoms with Crippen LogP contribution in [0.25, 0.3) is 0 Å². The maximum atomic E-state index is 5.44. The second kappa shape index (κ2) is 4.84. The van der Waals surface area contributed by atoms with Crippen LogP contribution in [-0.4, -0.2) is 16.8 Å². The zero-order chi connectivity index (χ0) is 11.5. The highest BCUT2D eigenvalue weighted by Gasteiger charge is 2.21. The van der Waals surface area contributed by atoms with Crippen LogP contribution in [0.2, 0.25) is 0 Å². The van der Waals surface area contributed by atoms with E-state index in [1.54, 1.807) is 6.26 Å². The van der Waals surface area contributed by atoms with Gasteiger partial charge in [-0.05, 0) is 42.0 Å². The average molecular weight is 284 g/mol. The number of nitrogens with zero attached hydrogens (tertiary/aromatic N) is 2. The van der Waals surface area contributed by atoms with Crippen molar-refractivity contribution in [2.45, 2.75) is 19.5 Å². The van der Waals surface area contributed by atoms with Gasteiger partial charge >= 0.3 is 0 Å². The zero-order valence-electron chi connectivity index (χ0n) is 9.27. The fraction of sp³-hybridized carbons (Fsp3) is 0.364.